The molecule has 0 aliphatic rings. The zero-order valence-electron chi connectivity index (χ0n) is 6.12. The van der Waals surface area contributed by atoms with Gasteiger partial charge in [0.2, 0.25) is 0 Å². The van der Waals surface area contributed by atoms with Crippen LogP contribution in [0.3, 0.4) is 0 Å². The second kappa shape index (κ2) is 6.57. The third-order valence-electron chi connectivity index (χ3n) is 1.19. The Morgan fingerprint density at radius 3 is 1.91 bits per heavy atom. The molecule has 0 spiro atoms. The fraction of sp³-hybridized carbons (Fsp3) is 0.571. The van der Waals surface area contributed by atoms with Crippen molar-refractivity contribution in [1.82, 2.24) is 0 Å². The summed E-state index contributed by atoms with van der Waals surface area (Å²) < 4.78 is 0. The standard InChI is InChI=1S/C7H9N3O/c8-5-1-3-7(10-11)4-2-6-9/h11H,1-4H2. The normalized spacial score (nSPS) is 7.82. The van der Waals surface area contributed by atoms with Crippen molar-refractivity contribution < 1.29 is 5.21 Å². The lowest BCUT2D eigenvalue weighted by molar-refractivity contribution is 0.316. The van der Waals surface area contributed by atoms with Gasteiger partial charge in [-0.2, -0.15) is 10.5 Å². The van der Waals surface area contributed by atoms with Gasteiger partial charge in [-0.25, -0.2) is 0 Å². The summed E-state index contributed by atoms with van der Waals surface area (Å²) in [6.45, 7) is 0. The number of hydrogen-bond donors (Lipinski definition) is 1. The molecule has 0 aromatic carbocycles. The fourth-order valence-electron chi connectivity index (χ4n) is 0.625. The lowest BCUT2D eigenvalue weighted by Crippen LogP contribution is -1.96. The van der Waals surface area contributed by atoms with Crippen LogP contribution in [0.5, 0.6) is 0 Å². The molecule has 0 saturated heterocycles. The molecule has 0 rings (SSSR count). The molecular formula is C7H9N3O. The van der Waals surface area contributed by atoms with Crippen LogP contribution in [0.4, 0.5) is 0 Å². The number of oxime groups is 1. The topological polar surface area (TPSA) is 80.2 Å². The minimum absolute atomic E-state index is 0.338. The van der Waals surface area contributed by atoms with Gasteiger partial charge < -0.3 is 5.21 Å². The summed E-state index contributed by atoms with van der Waals surface area (Å²) in [5.74, 6) is 0. The van der Waals surface area contributed by atoms with Gasteiger partial charge in [-0.1, -0.05) is 5.16 Å². The highest BCUT2D eigenvalue weighted by atomic mass is 16.4. The van der Waals surface area contributed by atoms with Crippen LogP contribution in [-0.4, -0.2) is 10.9 Å². The monoisotopic (exact) mass is 151 g/mol. The van der Waals surface area contributed by atoms with Crippen LogP contribution >= 0.6 is 0 Å². The SMILES string of the molecule is N#CCCC(CCC#N)=NO. The zero-order valence-corrected chi connectivity index (χ0v) is 6.12. The molecule has 0 radical (unpaired) electrons. The van der Waals surface area contributed by atoms with E-state index in [1.807, 2.05) is 12.1 Å². The zero-order chi connectivity index (χ0) is 8.53. The second-order valence-corrected chi connectivity index (χ2v) is 1.98. The van der Waals surface area contributed by atoms with Crippen LogP contribution in [0, 0.1) is 22.7 Å². The quantitative estimate of drug-likeness (QED) is 0.375. The maximum Gasteiger partial charge on any atom is 0.0625 e. The van der Waals surface area contributed by atoms with Gasteiger partial charge in [-0.15, -0.1) is 0 Å². The summed E-state index contributed by atoms with van der Waals surface area (Å²) in [6.07, 6.45) is 1.58. The van der Waals surface area contributed by atoms with Gasteiger partial charge in [0.15, 0.2) is 0 Å². The van der Waals surface area contributed by atoms with Gasteiger partial charge in [-0.3, -0.25) is 0 Å². The molecule has 4 nitrogen and oxygen atoms in total. The first-order valence-electron chi connectivity index (χ1n) is 3.29. The maximum absolute atomic E-state index is 8.35. The Bertz CT molecular complexity index is 189. The van der Waals surface area contributed by atoms with Crippen molar-refractivity contribution in [3.63, 3.8) is 0 Å². The van der Waals surface area contributed by atoms with Crippen molar-refractivity contribution in [2.45, 2.75) is 25.7 Å². The van der Waals surface area contributed by atoms with Gasteiger partial charge in [0, 0.05) is 25.7 Å². The number of rotatable bonds is 4. The predicted octanol–water partition coefficient (Wildman–Crippen LogP) is 1.42. The third-order valence-corrected chi connectivity index (χ3v) is 1.19. The van der Waals surface area contributed by atoms with Crippen LogP contribution in [0.1, 0.15) is 25.7 Å². The van der Waals surface area contributed by atoms with E-state index in [1.54, 1.807) is 0 Å². The predicted molar refractivity (Wildman–Crippen MR) is 38.9 cm³/mol. The summed E-state index contributed by atoms with van der Waals surface area (Å²) in [7, 11) is 0. The maximum atomic E-state index is 8.35. The van der Waals surface area contributed by atoms with Crippen molar-refractivity contribution in [2.24, 2.45) is 5.16 Å². The Kier molecular flexibility index (Phi) is 5.64. The summed E-state index contributed by atoms with van der Waals surface area (Å²) in [6, 6.07) is 3.87. The summed E-state index contributed by atoms with van der Waals surface area (Å²) in [5.41, 5.74) is 0.521. The number of nitriles is 2. The fourth-order valence-corrected chi connectivity index (χ4v) is 0.625. The molecule has 0 saturated carbocycles. The van der Waals surface area contributed by atoms with Crippen LogP contribution in [0.2, 0.25) is 0 Å². The van der Waals surface area contributed by atoms with Gasteiger partial charge in [0.05, 0.1) is 17.9 Å². The summed E-state index contributed by atoms with van der Waals surface area (Å²) in [5, 5.41) is 27.7. The van der Waals surface area contributed by atoms with Gasteiger partial charge >= 0.3 is 0 Å². The van der Waals surface area contributed by atoms with Gasteiger partial charge in [0.25, 0.3) is 0 Å². The average molecular weight is 151 g/mol. The molecule has 11 heavy (non-hydrogen) atoms. The Morgan fingerprint density at radius 1 is 1.18 bits per heavy atom. The Labute approximate surface area is 65.4 Å². The van der Waals surface area contributed by atoms with E-state index in [9.17, 15) is 0 Å². The van der Waals surface area contributed by atoms with E-state index >= 15 is 0 Å². The first kappa shape index (κ1) is 9.45. The van der Waals surface area contributed by atoms with E-state index in [0.29, 0.717) is 31.4 Å². The Balaban J connectivity index is 3.64. The number of nitrogens with zero attached hydrogens (tertiary/aromatic N) is 3. The minimum atomic E-state index is 0.338. The van der Waals surface area contributed by atoms with Gasteiger partial charge in [-0.05, 0) is 0 Å². The Morgan fingerprint density at radius 2 is 1.64 bits per heavy atom. The highest BCUT2D eigenvalue weighted by Crippen LogP contribution is 1.99. The molecule has 0 unspecified atom stereocenters. The van der Waals surface area contributed by atoms with E-state index in [2.05, 4.69) is 5.16 Å². The molecule has 1 N–H and O–H groups in total. The molecule has 0 aromatic heterocycles. The van der Waals surface area contributed by atoms with E-state index in [0.717, 1.165) is 0 Å². The van der Waals surface area contributed by atoms with Crippen LogP contribution in [-0.2, 0) is 0 Å². The highest BCUT2D eigenvalue weighted by Gasteiger charge is 1.98. The third kappa shape index (κ3) is 4.92. The average Bonchev–Trinajstić information content (AvgIpc) is 2.05. The second-order valence-electron chi connectivity index (χ2n) is 1.98. The lowest BCUT2D eigenvalue weighted by atomic mass is 10.1. The first-order valence-corrected chi connectivity index (χ1v) is 3.29. The molecule has 4 heteroatoms. The summed E-state index contributed by atoms with van der Waals surface area (Å²) >= 11 is 0. The van der Waals surface area contributed by atoms with Crippen molar-refractivity contribution >= 4 is 5.71 Å². The molecule has 0 aliphatic carbocycles. The van der Waals surface area contributed by atoms with Crippen molar-refractivity contribution in [2.75, 3.05) is 0 Å². The van der Waals surface area contributed by atoms with Crippen LogP contribution in [0.25, 0.3) is 0 Å². The highest BCUT2D eigenvalue weighted by molar-refractivity contribution is 5.84. The molecule has 58 valence electrons. The van der Waals surface area contributed by atoms with Crippen LogP contribution < -0.4 is 0 Å². The van der Waals surface area contributed by atoms with E-state index < -0.39 is 0 Å². The molecule has 0 aromatic rings. The van der Waals surface area contributed by atoms with E-state index in [-0.39, 0.29) is 0 Å². The summed E-state index contributed by atoms with van der Waals surface area (Å²) in [4.78, 5) is 0. The van der Waals surface area contributed by atoms with Crippen molar-refractivity contribution in [3.8, 4) is 12.1 Å². The molecule has 0 atom stereocenters. The first-order chi connectivity index (χ1) is 5.35. The van der Waals surface area contributed by atoms with Gasteiger partial charge in [0.1, 0.15) is 0 Å². The number of hydrogen-bond acceptors (Lipinski definition) is 4. The molecular weight excluding hydrogens is 142 g/mol. The van der Waals surface area contributed by atoms with Crippen LogP contribution in [0.15, 0.2) is 5.16 Å². The molecule has 0 bridgehead atoms. The Hall–Kier alpha value is -1.55. The lowest BCUT2D eigenvalue weighted by Gasteiger charge is -1.95. The smallest absolute Gasteiger partial charge is 0.0625 e. The molecule has 0 fully saturated rings. The van der Waals surface area contributed by atoms with E-state index in [4.69, 9.17) is 15.7 Å². The molecule has 0 aliphatic heterocycles. The van der Waals surface area contributed by atoms with Crippen molar-refractivity contribution in [3.05, 3.63) is 0 Å². The molecule has 0 heterocycles. The largest absolute Gasteiger partial charge is 0.411 e. The minimum Gasteiger partial charge on any atom is -0.411 e. The molecule has 0 amide bonds. The van der Waals surface area contributed by atoms with E-state index in [1.165, 1.54) is 0 Å². The van der Waals surface area contributed by atoms with Crippen molar-refractivity contribution in [1.29, 1.82) is 10.5 Å².